The van der Waals surface area contributed by atoms with E-state index < -0.39 is 0 Å². The van der Waals surface area contributed by atoms with Crippen LogP contribution in [0, 0.1) is 0 Å². The molecule has 27 heavy (non-hydrogen) atoms. The number of carbonyl (C=O) groups is 1. The van der Waals surface area contributed by atoms with Crippen molar-refractivity contribution >= 4 is 6.03 Å². The van der Waals surface area contributed by atoms with Gasteiger partial charge in [-0.3, -0.25) is 0 Å². The molecule has 0 bridgehead atoms. The fourth-order valence-electron chi connectivity index (χ4n) is 2.67. The summed E-state index contributed by atoms with van der Waals surface area (Å²) in [6.45, 7) is 7.30. The Bertz CT molecular complexity index is 777. The number of fused-ring (bicyclic) bond motifs is 1. The molecule has 144 valence electrons. The molecular formula is C20H25N3O4. The summed E-state index contributed by atoms with van der Waals surface area (Å²) < 4.78 is 16.6. The zero-order valence-electron chi connectivity index (χ0n) is 15.8. The monoisotopic (exact) mass is 371 g/mol. The van der Waals surface area contributed by atoms with Crippen LogP contribution < -0.4 is 24.8 Å². The van der Waals surface area contributed by atoms with Crippen molar-refractivity contribution in [1.82, 2.24) is 15.6 Å². The van der Waals surface area contributed by atoms with Crippen LogP contribution in [0.2, 0.25) is 0 Å². The van der Waals surface area contributed by atoms with Gasteiger partial charge >= 0.3 is 6.03 Å². The second-order valence-corrected chi connectivity index (χ2v) is 6.62. The second kappa shape index (κ2) is 8.62. The van der Waals surface area contributed by atoms with E-state index in [4.69, 9.17) is 14.2 Å². The highest BCUT2D eigenvalue weighted by Crippen LogP contribution is 2.32. The molecule has 0 radical (unpaired) electrons. The Kier molecular flexibility index (Phi) is 6.01. The largest absolute Gasteiger partial charge is 0.486 e. The van der Waals surface area contributed by atoms with Gasteiger partial charge in [0.2, 0.25) is 5.88 Å². The van der Waals surface area contributed by atoms with Crippen molar-refractivity contribution in [2.24, 2.45) is 0 Å². The van der Waals surface area contributed by atoms with Gasteiger partial charge in [-0.15, -0.1) is 0 Å². The van der Waals surface area contributed by atoms with Crippen LogP contribution in [-0.2, 0) is 6.54 Å². The van der Waals surface area contributed by atoms with Gasteiger partial charge in [0.1, 0.15) is 13.2 Å². The van der Waals surface area contributed by atoms with E-state index in [1.807, 2.05) is 45.0 Å². The molecule has 2 amide bonds. The number of hydrogen-bond acceptors (Lipinski definition) is 5. The molecule has 1 aliphatic heterocycles. The van der Waals surface area contributed by atoms with E-state index in [-0.39, 0.29) is 18.2 Å². The van der Waals surface area contributed by atoms with Gasteiger partial charge in [-0.25, -0.2) is 9.78 Å². The van der Waals surface area contributed by atoms with E-state index in [0.717, 1.165) is 16.9 Å². The summed E-state index contributed by atoms with van der Waals surface area (Å²) in [5.41, 5.74) is 1.85. The second-order valence-electron chi connectivity index (χ2n) is 6.62. The lowest BCUT2D eigenvalue weighted by Gasteiger charge is -2.21. The molecule has 1 aliphatic rings. The summed E-state index contributed by atoms with van der Waals surface area (Å²) in [5.74, 6) is 2.02. The van der Waals surface area contributed by atoms with Crippen molar-refractivity contribution in [3.8, 4) is 17.4 Å². The van der Waals surface area contributed by atoms with Crippen LogP contribution in [0.25, 0.3) is 0 Å². The molecule has 3 rings (SSSR count). The number of nitrogens with zero attached hydrogens (tertiary/aromatic N) is 1. The predicted molar refractivity (Wildman–Crippen MR) is 101 cm³/mol. The number of carbonyl (C=O) groups excluding carboxylic acids is 1. The quantitative estimate of drug-likeness (QED) is 0.815. The minimum atomic E-state index is -0.250. The molecule has 0 fully saturated rings. The van der Waals surface area contributed by atoms with Crippen molar-refractivity contribution in [3.63, 3.8) is 0 Å². The maximum absolute atomic E-state index is 12.2. The standard InChI is InChI=1S/C20H25N3O4/c1-13(2)27-19-7-4-15(11-21-19)12-22-20(24)23-14(3)16-5-6-17-18(10-16)26-9-8-25-17/h4-7,10-11,13-14H,8-9,12H2,1-3H3,(H2,22,23,24). The number of pyridine rings is 1. The minimum absolute atomic E-state index is 0.0781. The Morgan fingerprint density at radius 2 is 1.93 bits per heavy atom. The van der Waals surface area contributed by atoms with Crippen molar-refractivity contribution in [3.05, 3.63) is 47.7 Å². The first-order valence-electron chi connectivity index (χ1n) is 9.07. The Morgan fingerprint density at radius 1 is 1.15 bits per heavy atom. The van der Waals surface area contributed by atoms with Gasteiger partial charge in [-0.2, -0.15) is 0 Å². The van der Waals surface area contributed by atoms with Gasteiger partial charge in [0, 0.05) is 18.8 Å². The van der Waals surface area contributed by atoms with Crippen LogP contribution >= 0.6 is 0 Å². The molecule has 1 aromatic heterocycles. The van der Waals surface area contributed by atoms with Crippen molar-refractivity contribution in [1.29, 1.82) is 0 Å². The van der Waals surface area contributed by atoms with Crippen LogP contribution in [-0.4, -0.2) is 30.3 Å². The normalized spacial score (nSPS) is 13.8. The zero-order valence-corrected chi connectivity index (χ0v) is 15.8. The third kappa shape index (κ3) is 5.26. The summed E-state index contributed by atoms with van der Waals surface area (Å²) >= 11 is 0. The summed E-state index contributed by atoms with van der Waals surface area (Å²) in [6.07, 6.45) is 1.77. The lowest BCUT2D eigenvalue weighted by molar-refractivity contribution is 0.171. The summed E-state index contributed by atoms with van der Waals surface area (Å²) in [4.78, 5) is 16.4. The van der Waals surface area contributed by atoms with Gasteiger partial charge in [-0.05, 0) is 44.0 Å². The van der Waals surface area contributed by atoms with Gasteiger partial charge in [0.25, 0.3) is 0 Å². The van der Waals surface area contributed by atoms with Crippen LogP contribution in [0.1, 0.15) is 37.9 Å². The van der Waals surface area contributed by atoms with Gasteiger partial charge in [0.15, 0.2) is 11.5 Å². The number of amides is 2. The minimum Gasteiger partial charge on any atom is -0.486 e. The smallest absolute Gasteiger partial charge is 0.315 e. The molecule has 0 saturated heterocycles. The summed E-state index contributed by atoms with van der Waals surface area (Å²) in [7, 11) is 0. The number of nitrogens with one attached hydrogen (secondary N) is 2. The lowest BCUT2D eigenvalue weighted by atomic mass is 10.1. The molecule has 1 atom stereocenters. The van der Waals surface area contributed by atoms with Gasteiger partial charge in [0.05, 0.1) is 12.1 Å². The van der Waals surface area contributed by atoms with E-state index >= 15 is 0 Å². The Hall–Kier alpha value is -2.96. The first-order valence-corrected chi connectivity index (χ1v) is 9.07. The van der Waals surface area contributed by atoms with Crippen LogP contribution in [0.4, 0.5) is 4.79 Å². The Labute approximate surface area is 159 Å². The summed E-state index contributed by atoms with van der Waals surface area (Å²) in [6, 6.07) is 8.96. The topological polar surface area (TPSA) is 81.7 Å². The maximum atomic E-state index is 12.2. The number of urea groups is 1. The molecule has 0 aliphatic carbocycles. The molecule has 2 N–H and O–H groups in total. The average Bonchev–Trinajstić information content (AvgIpc) is 2.66. The number of aromatic nitrogens is 1. The number of benzene rings is 1. The van der Waals surface area contributed by atoms with Crippen molar-refractivity contribution in [2.45, 2.75) is 39.5 Å². The van der Waals surface area contributed by atoms with Crippen LogP contribution in [0.15, 0.2) is 36.5 Å². The highest BCUT2D eigenvalue weighted by Gasteiger charge is 2.15. The number of ether oxygens (including phenoxy) is 3. The van der Waals surface area contributed by atoms with E-state index in [1.165, 1.54) is 0 Å². The van der Waals surface area contributed by atoms with E-state index in [9.17, 15) is 4.79 Å². The fourth-order valence-corrected chi connectivity index (χ4v) is 2.67. The van der Waals surface area contributed by atoms with Crippen molar-refractivity contribution in [2.75, 3.05) is 13.2 Å². The average molecular weight is 371 g/mol. The highest BCUT2D eigenvalue weighted by molar-refractivity contribution is 5.74. The lowest BCUT2D eigenvalue weighted by Crippen LogP contribution is -2.36. The highest BCUT2D eigenvalue weighted by atomic mass is 16.6. The Morgan fingerprint density at radius 3 is 2.63 bits per heavy atom. The number of hydrogen-bond donors (Lipinski definition) is 2. The summed E-state index contributed by atoms with van der Waals surface area (Å²) in [5, 5.41) is 5.75. The van der Waals surface area contributed by atoms with E-state index in [2.05, 4.69) is 15.6 Å². The SMILES string of the molecule is CC(C)Oc1ccc(CNC(=O)NC(C)c2ccc3c(c2)OCCO3)cn1. The third-order valence-electron chi connectivity index (χ3n) is 4.02. The van der Waals surface area contributed by atoms with Crippen LogP contribution in [0.5, 0.6) is 17.4 Å². The van der Waals surface area contributed by atoms with Gasteiger partial charge in [-0.1, -0.05) is 12.1 Å². The molecule has 7 heteroatoms. The van der Waals surface area contributed by atoms with Gasteiger partial charge < -0.3 is 24.8 Å². The molecule has 2 aromatic rings. The van der Waals surface area contributed by atoms with E-state index in [0.29, 0.717) is 31.4 Å². The Balaban J connectivity index is 1.50. The molecule has 0 saturated carbocycles. The van der Waals surface area contributed by atoms with E-state index in [1.54, 1.807) is 12.3 Å². The third-order valence-corrected chi connectivity index (χ3v) is 4.02. The molecule has 7 nitrogen and oxygen atoms in total. The number of rotatable bonds is 6. The molecule has 0 spiro atoms. The zero-order chi connectivity index (χ0) is 19.2. The van der Waals surface area contributed by atoms with Crippen molar-refractivity contribution < 1.29 is 19.0 Å². The molecular weight excluding hydrogens is 346 g/mol. The molecule has 2 heterocycles. The predicted octanol–water partition coefficient (Wildman–Crippen LogP) is 3.20. The maximum Gasteiger partial charge on any atom is 0.315 e. The van der Waals surface area contributed by atoms with Crippen LogP contribution in [0.3, 0.4) is 0 Å². The first kappa shape index (κ1) is 18.8. The fraction of sp³-hybridized carbons (Fsp3) is 0.400. The molecule has 1 aromatic carbocycles. The first-order chi connectivity index (χ1) is 13.0. The molecule has 1 unspecified atom stereocenters.